The van der Waals surface area contributed by atoms with Crippen LogP contribution >= 0.6 is 0 Å². The van der Waals surface area contributed by atoms with Crippen molar-refractivity contribution >= 4 is 28.3 Å². The third kappa shape index (κ3) is 5.39. The van der Waals surface area contributed by atoms with Gasteiger partial charge in [0.25, 0.3) is 11.8 Å². The van der Waals surface area contributed by atoms with E-state index in [0.717, 1.165) is 16.3 Å². The monoisotopic (exact) mass is 438 g/mol. The van der Waals surface area contributed by atoms with Crippen molar-refractivity contribution in [2.45, 2.75) is 26.0 Å². The van der Waals surface area contributed by atoms with Crippen molar-refractivity contribution in [3.63, 3.8) is 0 Å². The molecule has 0 aliphatic carbocycles. The molecule has 166 valence electrons. The van der Waals surface area contributed by atoms with Gasteiger partial charge in [-0.05, 0) is 54.4 Å². The minimum Gasteiger partial charge on any atom is -0.481 e. The minimum absolute atomic E-state index is 0.169. The number of fused-ring (bicyclic) bond motifs is 1. The van der Waals surface area contributed by atoms with Crippen LogP contribution < -0.4 is 15.4 Å². The second-order valence-electron chi connectivity index (χ2n) is 7.91. The van der Waals surface area contributed by atoms with E-state index in [1.54, 1.807) is 31.2 Å². The number of hydrogen-bond donors (Lipinski definition) is 2. The number of rotatable bonds is 7. The molecule has 0 spiro atoms. The number of para-hydroxylation sites is 1. The van der Waals surface area contributed by atoms with Crippen molar-refractivity contribution < 1.29 is 14.3 Å². The fourth-order valence-corrected chi connectivity index (χ4v) is 3.62. The standard InChI is InChI=1S/C28H26N2O3/c1-19(21-10-4-3-5-11-21)29-28(32)25-14-8-9-15-26(25)30-27(31)20(2)33-24-17-16-22-12-6-7-13-23(22)18-24/h3-20H,1-2H3,(H,29,32)(H,30,31)/t19-,20+/m0/s1. The third-order valence-corrected chi connectivity index (χ3v) is 5.48. The van der Waals surface area contributed by atoms with E-state index in [1.165, 1.54) is 0 Å². The molecule has 4 aromatic carbocycles. The Kier molecular flexibility index (Phi) is 6.69. The maximum Gasteiger partial charge on any atom is 0.265 e. The number of carbonyl (C=O) groups excluding carboxylic acids is 2. The normalized spacial score (nSPS) is 12.5. The number of anilines is 1. The molecule has 0 heterocycles. The lowest BCUT2D eigenvalue weighted by atomic mass is 10.1. The summed E-state index contributed by atoms with van der Waals surface area (Å²) < 4.78 is 5.87. The maximum atomic E-state index is 12.9. The molecular formula is C28H26N2O3. The minimum atomic E-state index is -0.745. The third-order valence-electron chi connectivity index (χ3n) is 5.48. The van der Waals surface area contributed by atoms with Crippen molar-refractivity contribution in [1.29, 1.82) is 0 Å². The molecule has 2 atom stereocenters. The summed E-state index contributed by atoms with van der Waals surface area (Å²) in [7, 11) is 0. The molecule has 5 heteroatoms. The molecule has 4 aromatic rings. The van der Waals surface area contributed by atoms with Crippen LogP contribution in [-0.4, -0.2) is 17.9 Å². The van der Waals surface area contributed by atoms with E-state index in [9.17, 15) is 9.59 Å². The van der Waals surface area contributed by atoms with Crippen molar-refractivity contribution in [3.05, 3.63) is 108 Å². The van der Waals surface area contributed by atoms with Gasteiger partial charge < -0.3 is 15.4 Å². The zero-order valence-corrected chi connectivity index (χ0v) is 18.6. The van der Waals surface area contributed by atoms with E-state index in [0.29, 0.717) is 17.0 Å². The number of benzene rings is 4. The lowest BCUT2D eigenvalue weighted by molar-refractivity contribution is -0.122. The van der Waals surface area contributed by atoms with Gasteiger partial charge in [-0.25, -0.2) is 0 Å². The van der Waals surface area contributed by atoms with Gasteiger partial charge in [-0.1, -0.05) is 72.8 Å². The number of carbonyl (C=O) groups is 2. The number of hydrogen-bond acceptors (Lipinski definition) is 3. The smallest absolute Gasteiger partial charge is 0.265 e. The van der Waals surface area contributed by atoms with E-state index in [4.69, 9.17) is 4.74 Å². The molecule has 0 saturated carbocycles. The number of nitrogens with one attached hydrogen (secondary N) is 2. The molecule has 0 radical (unpaired) electrons. The van der Waals surface area contributed by atoms with Crippen LogP contribution in [0.1, 0.15) is 35.8 Å². The summed E-state index contributed by atoms with van der Waals surface area (Å²) in [6, 6.07) is 30.2. The summed E-state index contributed by atoms with van der Waals surface area (Å²) >= 11 is 0. The topological polar surface area (TPSA) is 67.4 Å². The summed E-state index contributed by atoms with van der Waals surface area (Å²) in [6.45, 7) is 3.61. The molecule has 0 aliphatic heterocycles. The average Bonchev–Trinajstić information content (AvgIpc) is 2.84. The number of ether oxygens (including phenoxy) is 1. The first-order valence-corrected chi connectivity index (χ1v) is 10.9. The van der Waals surface area contributed by atoms with E-state index >= 15 is 0 Å². The Morgan fingerprint density at radius 3 is 2.21 bits per heavy atom. The summed E-state index contributed by atoms with van der Waals surface area (Å²) in [5.41, 5.74) is 1.84. The van der Waals surface area contributed by atoms with Gasteiger partial charge in [0.15, 0.2) is 6.10 Å². The highest BCUT2D eigenvalue weighted by Crippen LogP contribution is 2.22. The van der Waals surface area contributed by atoms with Gasteiger partial charge in [0.1, 0.15) is 5.75 Å². The largest absolute Gasteiger partial charge is 0.481 e. The molecule has 2 amide bonds. The van der Waals surface area contributed by atoms with Crippen LogP contribution in [0.3, 0.4) is 0 Å². The Morgan fingerprint density at radius 1 is 0.758 bits per heavy atom. The molecular weight excluding hydrogens is 412 g/mol. The lowest BCUT2D eigenvalue weighted by Gasteiger charge is -2.18. The highest BCUT2D eigenvalue weighted by molar-refractivity contribution is 6.04. The molecule has 4 rings (SSSR count). The molecule has 0 bridgehead atoms. The molecule has 0 aliphatic rings. The average molecular weight is 439 g/mol. The van der Waals surface area contributed by atoms with Gasteiger partial charge in [-0.3, -0.25) is 9.59 Å². The lowest BCUT2D eigenvalue weighted by Crippen LogP contribution is -2.32. The summed E-state index contributed by atoms with van der Waals surface area (Å²) in [5.74, 6) is 0.0175. The summed E-state index contributed by atoms with van der Waals surface area (Å²) in [6.07, 6.45) is -0.745. The van der Waals surface area contributed by atoms with Gasteiger partial charge >= 0.3 is 0 Å². The van der Waals surface area contributed by atoms with Gasteiger partial charge in [0, 0.05) is 0 Å². The SMILES string of the molecule is C[C@H](NC(=O)c1ccccc1NC(=O)[C@@H](C)Oc1ccc2ccccc2c1)c1ccccc1. The van der Waals surface area contributed by atoms with Gasteiger partial charge in [-0.2, -0.15) is 0 Å². The molecule has 2 N–H and O–H groups in total. The first-order valence-electron chi connectivity index (χ1n) is 10.9. The Hall–Kier alpha value is -4.12. The Morgan fingerprint density at radius 2 is 1.42 bits per heavy atom. The first kappa shape index (κ1) is 22.1. The van der Waals surface area contributed by atoms with Gasteiger partial charge in [0.2, 0.25) is 0 Å². The quantitative estimate of drug-likeness (QED) is 0.387. The predicted molar refractivity (Wildman–Crippen MR) is 131 cm³/mol. The fraction of sp³-hybridized carbons (Fsp3) is 0.143. The van der Waals surface area contributed by atoms with Crippen molar-refractivity contribution in [2.75, 3.05) is 5.32 Å². The Balaban J connectivity index is 1.43. The van der Waals surface area contributed by atoms with Crippen LogP contribution in [-0.2, 0) is 4.79 Å². The molecule has 0 aromatic heterocycles. The fourth-order valence-electron chi connectivity index (χ4n) is 3.62. The second-order valence-corrected chi connectivity index (χ2v) is 7.91. The second kappa shape index (κ2) is 10.0. The van der Waals surface area contributed by atoms with Crippen LogP contribution in [0.5, 0.6) is 5.75 Å². The molecule has 5 nitrogen and oxygen atoms in total. The van der Waals surface area contributed by atoms with Crippen LogP contribution in [0, 0.1) is 0 Å². The van der Waals surface area contributed by atoms with Crippen LogP contribution in [0.2, 0.25) is 0 Å². The zero-order chi connectivity index (χ0) is 23.2. The molecule has 0 saturated heterocycles. The zero-order valence-electron chi connectivity index (χ0n) is 18.6. The highest BCUT2D eigenvalue weighted by atomic mass is 16.5. The van der Waals surface area contributed by atoms with Gasteiger partial charge in [-0.15, -0.1) is 0 Å². The highest BCUT2D eigenvalue weighted by Gasteiger charge is 2.19. The van der Waals surface area contributed by atoms with E-state index in [1.807, 2.05) is 79.7 Å². The predicted octanol–water partition coefficient (Wildman–Crippen LogP) is 5.74. The Labute approximate surface area is 193 Å². The van der Waals surface area contributed by atoms with E-state index in [-0.39, 0.29) is 17.9 Å². The molecule has 0 fully saturated rings. The summed E-state index contributed by atoms with van der Waals surface area (Å²) in [4.78, 5) is 25.8. The Bertz CT molecular complexity index is 1270. The van der Waals surface area contributed by atoms with Crippen molar-refractivity contribution in [1.82, 2.24) is 5.32 Å². The number of amides is 2. The van der Waals surface area contributed by atoms with Crippen LogP contribution in [0.25, 0.3) is 10.8 Å². The van der Waals surface area contributed by atoms with E-state index in [2.05, 4.69) is 10.6 Å². The van der Waals surface area contributed by atoms with Crippen molar-refractivity contribution in [2.24, 2.45) is 0 Å². The summed E-state index contributed by atoms with van der Waals surface area (Å²) in [5, 5.41) is 7.97. The van der Waals surface area contributed by atoms with Crippen molar-refractivity contribution in [3.8, 4) is 5.75 Å². The van der Waals surface area contributed by atoms with E-state index < -0.39 is 6.10 Å². The van der Waals surface area contributed by atoms with Gasteiger partial charge in [0.05, 0.1) is 17.3 Å². The van der Waals surface area contributed by atoms with Crippen LogP contribution in [0.15, 0.2) is 97.1 Å². The molecule has 0 unspecified atom stereocenters. The van der Waals surface area contributed by atoms with Crippen LogP contribution in [0.4, 0.5) is 5.69 Å². The molecule has 33 heavy (non-hydrogen) atoms. The first-order chi connectivity index (χ1) is 16.0. The maximum absolute atomic E-state index is 12.9.